The molecule has 0 amide bonds. The summed E-state index contributed by atoms with van der Waals surface area (Å²) in [6.07, 6.45) is 3.99. The maximum atomic E-state index is 13.9. The summed E-state index contributed by atoms with van der Waals surface area (Å²) in [6.45, 7) is 8.74. The summed E-state index contributed by atoms with van der Waals surface area (Å²) in [4.78, 5) is 7.14. The zero-order valence-electron chi connectivity index (χ0n) is 25.7. The van der Waals surface area contributed by atoms with E-state index in [-0.39, 0.29) is 28.0 Å². The van der Waals surface area contributed by atoms with Gasteiger partial charge in [-0.1, -0.05) is 52.7 Å². The molecule has 1 aliphatic heterocycles. The van der Waals surface area contributed by atoms with Crippen LogP contribution in [0.1, 0.15) is 62.5 Å². The molecule has 2 aromatic heterocycles. The lowest BCUT2D eigenvalue weighted by atomic mass is 9.98. The van der Waals surface area contributed by atoms with Crippen molar-refractivity contribution >= 4 is 57.0 Å². The van der Waals surface area contributed by atoms with Crippen LogP contribution in [-0.4, -0.2) is 43.5 Å². The number of anilines is 4. The molecule has 1 aliphatic rings. The molecule has 46 heavy (non-hydrogen) atoms. The van der Waals surface area contributed by atoms with Crippen LogP contribution in [0.3, 0.4) is 0 Å². The van der Waals surface area contributed by atoms with Crippen molar-refractivity contribution < 1.29 is 4.39 Å². The van der Waals surface area contributed by atoms with E-state index < -0.39 is 11.9 Å². The van der Waals surface area contributed by atoms with Crippen LogP contribution >= 0.6 is 23.2 Å². The van der Waals surface area contributed by atoms with Gasteiger partial charge in [0.25, 0.3) is 0 Å². The van der Waals surface area contributed by atoms with Gasteiger partial charge in [0.1, 0.15) is 29.0 Å². The van der Waals surface area contributed by atoms with Crippen LogP contribution in [0, 0.1) is 17.1 Å². The Morgan fingerprint density at radius 2 is 1.80 bits per heavy atom. The van der Waals surface area contributed by atoms with Gasteiger partial charge < -0.3 is 16.4 Å². The van der Waals surface area contributed by atoms with Gasteiger partial charge in [-0.15, -0.1) is 5.10 Å². The normalized spacial score (nSPS) is 15.1. The number of halogens is 3. The first kappa shape index (κ1) is 31.5. The second-order valence-corrected chi connectivity index (χ2v) is 13.3. The average Bonchev–Trinajstić information content (AvgIpc) is 3.52. The van der Waals surface area contributed by atoms with Crippen molar-refractivity contribution in [3.8, 4) is 6.07 Å². The molecule has 3 heterocycles. The number of hydrogen-bond donors (Lipinski definition) is 3. The molecule has 0 radical (unpaired) electrons. The van der Waals surface area contributed by atoms with Gasteiger partial charge in [-0.25, -0.2) is 14.1 Å². The zero-order valence-corrected chi connectivity index (χ0v) is 27.2. The van der Waals surface area contributed by atoms with Crippen molar-refractivity contribution in [2.45, 2.75) is 51.2 Å². The van der Waals surface area contributed by atoms with E-state index in [1.54, 1.807) is 6.07 Å². The fourth-order valence-corrected chi connectivity index (χ4v) is 6.23. The van der Waals surface area contributed by atoms with E-state index in [0.717, 1.165) is 37.2 Å². The second kappa shape index (κ2) is 12.8. The minimum Gasteiger partial charge on any atom is -0.383 e. The molecule has 0 saturated carbocycles. The predicted octanol–water partition coefficient (Wildman–Crippen LogP) is 8.11. The number of para-hydroxylation sites is 1. The molecule has 5 aromatic rings. The molecule has 0 aliphatic carbocycles. The Morgan fingerprint density at radius 1 is 1.07 bits per heavy atom. The number of likely N-dealkylation sites (tertiary alicyclic amines) is 1. The SMILES string of the molecule is CC(C)(C)N1CCC(n2cc([C@@H](Nc3cccc4c(Nc5ccc(F)c(Cl)c5)c(C#N)c(N)nc34)c3ccc(Cl)cc3)nn2)CC1. The maximum Gasteiger partial charge on any atom is 0.144 e. The Morgan fingerprint density at radius 3 is 2.48 bits per heavy atom. The molecule has 1 fully saturated rings. The fourth-order valence-electron chi connectivity index (χ4n) is 5.92. The standard InChI is InChI=1S/C34H34Cl2FN9/c1-34(2,3)45-15-13-23(14-16-45)46-19-29(43-44-46)30(20-7-9-21(35)10-8-20)41-28-6-4-5-24-31(25(18-38)33(39)42-32(24)28)40-22-11-12-27(37)26(36)17-22/h4-12,17,19,23,30,41H,13-16H2,1-3H3,(H3,39,40,42)/t30-/m0/s1. The van der Waals surface area contributed by atoms with E-state index in [4.69, 9.17) is 28.9 Å². The molecule has 12 heteroatoms. The largest absolute Gasteiger partial charge is 0.383 e. The minimum absolute atomic E-state index is 0.0456. The smallest absolute Gasteiger partial charge is 0.144 e. The molecule has 1 atom stereocenters. The number of piperidine rings is 1. The van der Waals surface area contributed by atoms with Crippen molar-refractivity contribution in [3.63, 3.8) is 0 Å². The van der Waals surface area contributed by atoms with Gasteiger partial charge in [0, 0.05) is 34.7 Å². The molecule has 236 valence electrons. The van der Waals surface area contributed by atoms with Gasteiger partial charge in [-0.05, 0) is 75.6 Å². The number of pyridine rings is 1. The lowest BCUT2D eigenvalue weighted by Crippen LogP contribution is -2.46. The highest BCUT2D eigenvalue weighted by Crippen LogP contribution is 2.38. The Bertz CT molecular complexity index is 1920. The van der Waals surface area contributed by atoms with Gasteiger partial charge >= 0.3 is 0 Å². The first-order valence-corrected chi connectivity index (χ1v) is 15.8. The van der Waals surface area contributed by atoms with Crippen LogP contribution in [0.15, 0.2) is 66.9 Å². The van der Waals surface area contributed by atoms with Crippen LogP contribution in [0.25, 0.3) is 10.9 Å². The van der Waals surface area contributed by atoms with Crippen LogP contribution in [-0.2, 0) is 0 Å². The summed E-state index contributed by atoms with van der Waals surface area (Å²) >= 11 is 12.3. The zero-order chi connectivity index (χ0) is 32.6. The number of benzene rings is 3. The van der Waals surface area contributed by atoms with Gasteiger partial charge in [0.15, 0.2) is 0 Å². The highest BCUT2D eigenvalue weighted by molar-refractivity contribution is 6.31. The monoisotopic (exact) mass is 657 g/mol. The summed E-state index contributed by atoms with van der Waals surface area (Å²) in [6, 6.07) is 19.4. The number of nitrogens with two attached hydrogens (primary N) is 1. The van der Waals surface area contributed by atoms with E-state index in [2.05, 4.69) is 57.7 Å². The number of hydrogen-bond acceptors (Lipinski definition) is 8. The van der Waals surface area contributed by atoms with E-state index in [0.29, 0.717) is 33.0 Å². The topological polar surface area (TPSA) is 121 Å². The lowest BCUT2D eigenvalue weighted by Gasteiger charge is -2.40. The van der Waals surface area contributed by atoms with Gasteiger partial charge in [-0.2, -0.15) is 5.26 Å². The van der Waals surface area contributed by atoms with Crippen LogP contribution in [0.2, 0.25) is 10.0 Å². The van der Waals surface area contributed by atoms with Gasteiger partial charge in [-0.3, -0.25) is 4.90 Å². The summed E-state index contributed by atoms with van der Waals surface area (Å²) < 4.78 is 15.9. The Balaban J connectivity index is 1.37. The molecule has 0 bridgehead atoms. The Kier molecular flexibility index (Phi) is 8.75. The van der Waals surface area contributed by atoms with Crippen molar-refractivity contribution in [2.75, 3.05) is 29.5 Å². The lowest BCUT2D eigenvalue weighted by molar-refractivity contribution is 0.0866. The minimum atomic E-state index is -0.543. The predicted molar refractivity (Wildman–Crippen MR) is 182 cm³/mol. The molecule has 4 N–H and O–H groups in total. The fraction of sp³-hybridized carbons (Fsp3) is 0.294. The molecule has 3 aromatic carbocycles. The van der Waals surface area contributed by atoms with E-state index >= 15 is 0 Å². The number of fused-ring (bicyclic) bond motifs is 1. The summed E-state index contributed by atoms with van der Waals surface area (Å²) in [7, 11) is 0. The van der Waals surface area contributed by atoms with E-state index in [1.807, 2.05) is 53.3 Å². The summed E-state index contributed by atoms with van der Waals surface area (Å²) in [5.41, 5.74) is 10.4. The Labute approximate surface area is 277 Å². The quantitative estimate of drug-likeness (QED) is 0.160. The van der Waals surface area contributed by atoms with Gasteiger partial charge in [0.2, 0.25) is 0 Å². The number of nitrogens with zero attached hydrogens (tertiary/aromatic N) is 6. The molecule has 0 unspecified atom stereocenters. The maximum absolute atomic E-state index is 13.9. The summed E-state index contributed by atoms with van der Waals surface area (Å²) in [5, 5.41) is 27.2. The third kappa shape index (κ3) is 6.44. The van der Waals surface area contributed by atoms with Crippen molar-refractivity contribution in [1.29, 1.82) is 5.26 Å². The van der Waals surface area contributed by atoms with Crippen LogP contribution < -0.4 is 16.4 Å². The molecular formula is C34H34Cl2FN9. The van der Waals surface area contributed by atoms with E-state index in [1.165, 1.54) is 12.1 Å². The number of aromatic nitrogens is 4. The van der Waals surface area contributed by atoms with Crippen molar-refractivity contribution in [1.82, 2.24) is 24.9 Å². The van der Waals surface area contributed by atoms with Crippen LogP contribution in [0.5, 0.6) is 0 Å². The van der Waals surface area contributed by atoms with Crippen molar-refractivity contribution in [2.24, 2.45) is 0 Å². The summed E-state index contributed by atoms with van der Waals surface area (Å²) in [5.74, 6) is -0.491. The molecule has 0 spiro atoms. The van der Waals surface area contributed by atoms with Gasteiger partial charge in [0.05, 0.1) is 40.2 Å². The second-order valence-electron chi connectivity index (χ2n) is 12.5. The highest BCUT2D eigenvalue weighted by atomic mass is 35.5. The molecule has 9 nitrogen and oxygen atoms in total. The molecular weight excluding hydrogens is 624 g/mol. The number of nitriles is 1. The molecule has 6 rings (SSSR count). The highest BCUT2D eigenvalue weighted by Gasteiger charge is 2.29. The first-order valence-electron chi connectivity index (χ1n) is 15.0. The van der Waals surface area contributed by atoms with Crippen molar-refractivity contribution in [3.05, 3.63) is 99.5 Å². The van der Waals surface area contributed by atoms with Crippen LogP contribution in [0.4, 0.5) is 27.3 Å². The number of nitrogens with one attached hydrogen (secondary N) is 2. The number of nitrogen functional groups attached to an aromatic ring is 1. The third-order valence-electron chi connectivity index (χ3n) is 8.46. The van der Waals surface area contributed by atoms with E-state index in [9.17, 15) is 9.65 Å². The molecule has 1 saturated heterocycles. The average molecular weight is 659 g/mol. The first-order chi connectivity index (χ1) is 22.0. The number of rotatable bonds is 7. The Hall–Kier alpha value is -4.43. The third-order valence-corrected chi connectivity index (χ3v) is 9.00.